The van der Waals surface area contributed by atoms with E-state index in [2.05, 4.69) is 28.4 Å². The Labute approximate surface area is 190 Å². The van der Waals surface area contributed by atoms with Gasteiger partial charge in [0.25, 0.3) is 0 Å². The summed E-state index contributed by atoms with van der Waals surface area (Å²) in [5.74, 6) is 0.563. The Morgan fingerprint density at radius 3 is 2.65 bits per heavy atom. The minimum atomic E-state index is 0.529. The summed E-state index contributed by atoms with van der Waals surface area (Å²) >= 11 is 12.4. The van der Waals surface area contributed by atoms with Gasteiger partial charge >= 0.3 is 0 Å². The number of hydrogen-bond donors (Lipinski definition) is 0. The monoisotopic (exact) mass is 458 g/mol. The number of ether oxygens (including phenoxy) is 1. The molecule has 0 atom stereocenters. The zero-order chi connectivity index (χ0) is 21.5. The number of fused-ring (bicyclic) bond motifs is 3. The fourth-order valence-electron chi connectivity index (χ4n) is 4.27. The molecule has 1 fully saturated rings. The molecular formula is C22H24Cl2N6O. The molecule has 0 N–H and O–H groups in total. The number of morpholine rings is 1. The number of aromatic nitrogens is 5. The van der Waals surface area contributed by atoms with Gasteiger partial charge in [-0.2, -0.15) is 0 Å². The second-order valence-corrected chi connectivity index (χ2v) is 8.78. The molecule has 162 valence electrons. The number of rotatable bonds is 5. The highest BCUT2D eigenvalue weighted by Crippen LogP contribution is 2.31. The summed E-state index contributed by atoms with van der Waals surface area (Å²) in [6, 6.07) is 5.35. The van der Waals surface area contributed by atoms with E-state index in [-0.39, 0.29) is 0 Å². The average molecular weight is 459 g/mol. The summed E-state index contributed by atoms with van der Waals surface area (Å²) in [7, 11) is 0. The molecule has 4 heterocycles. The van der Waals surface area contributed by atoms with Gasteiger partial charge in [-0.25, -0.2) is 14.5 Å². The lowest BCUT2D eigenvalue weighted by Gasteiger charge is -2.26. The van der Waals surface area contributed by atoms with Gasteiger partial charge in [0.1, 0.15) is 12.0 Å². The molecule has 0 saturated carbocycles. The number of benzene rings is 1. The molecule has 1 saturated heterocycles. The number of nitrogens with zero attached hydrogens (tertiary/aromatic N) is 6. The summed E-state index contributed by atoms with van der Waals surface area (Å²) in [4.78, 5) is 12.0. The Balaban J connectivity index is 1.50. The van der Waals surface area contributed by atoms with Gasteiger partial charge in [-0.15, -0.1) is 5.10 Å². The maximum Gasteiger partial charge on any atom is 0.183 e. The first-order valence-electron chi connectivity index (χ1n) is 10.5. The van der Waals surface area contributed by atoms with Crippen LogP contribution >= 0.6 is 23.2 Å². The third kappa shape index (κ3) is 3.80. The maximum absolute atomic E-state index is 6.39. The molecule has 5 rings (SSSR count). The van der Waals surface area contributed by atoms with Crippen LogP contribution in [-0.2, 0) is 11.3 Å². The van der Waals surface area contributed by atoms with Crippen molar-refractivity contribution in [1.29, 1.82) is 0 Å². The van der Waals surface area contributed by atoms with Gasteiger partial charge in [-0.05, 0) is 44.0 Å². The topological polar surface area (TPSA) is 60.5 Å². The Hall–Kier alpha value is -2.19. The van der Waals surface area contributed by atoms with Crippen molar-refractivity contribution in [3.05, 3.63) is 45.8 Å². The highest BCUT2D eigenvalue weighted by atomic mass is 35.5. The Morgan fingerprint density at radius 2 is 1.87 bits per heavy atom. The third-order valence-corrected chi connectivity index (χ3v) is 6.63. The fraction of sp³-hybridized carbons (Fsp3) is 0.409. The quantitative estimate of drug-likeness (QED) is 0.443. The van der Waals surface area contributed by atoms with Gasteiger partial charge in [0.15, 0.2) is 11.5 Å². The van der Waals surface area contributed by atoms with Crippen molar-refractivity contribution in [2.75, 3.05) is 32.8 Å². The number of hydrogen-bond acceptors (Lipinski definition) is 5. The fourth-order valence-corrected chi connectivity index (χ4v) is 4.76. The molecule has 0 unspecified atom stereocenters. The van der Waals surface area contributed by atoms with Crippen LogP contribution in [-0.4, -0.2) is 61.9 Å². The van der Waals surface area contributed by atoms with E-state index in [1.165, 1.54) is 11.3 Å². The van der Waals surface area contributed by atoms with E-state index in [9.17, 15) is 0 Å². The predicted octanol–water partition coefficient (Wildman–Crippen LogP) is 4.39. The summed E-state index contributed by atoms with van der Waals surface area (Å²) in [6.45, 7) is 9.94. The predicted molar refractivity (Wildman–Crippen MR) is 123 cm³/mol. The highest BCUT2D eigenvalue weighted by Gasteiger charge is 2.19. The summed E-state index contributed by atoms with van der Waals surface area (Å²) < 4.78 is 9.48. The Bertz CT molecular complexity index is 1260. The first kappa shape index (κ1) is 20.7. The number of aryl methyl sites for hydroxylation is 2. The molecule has 1 aromatic carbocycles. The van der Waals surface area contributed by atoms with Crippen LogP contribution in [0.2, 0.25) is 10.0 Å². The largest absolute Gasteiger partial charge is 0.379 e. The van der Waals surface area contributed by atoms with Crippen molar-refractivity contribution >= 4 is 39.9 Å². The zero-order valence-electron chi connectivity index (χ0n) is 17.6. The smallest absolute Gasteiger partial charge is 0.183 e. The molecule has 0 amide bonds. The van der Waals surface area contributed by atoms with Crippen LogP contribution in [0.3, 0.4) is 0 Å². The van der Waals surface area contributed by atoms with Crippen LogP contribution < -0.4 is 0 Å². The van der Waals surface area contributed by atoms with Crippen LogP contribution in [0.1, 0.15) is 17.7 Å². The molecule has 3 aromatic heterocycles. The lowest BCUT2D eigenvalue weighted by molar-refractivity contribution is 0.0369. The van der Waals surface area contributed by atoms with Crippen LogP contribution in [0.4, 0.5) is 0 Å². The summed E-state index contributed by atoms with van der Waals surface area (Å²) in [6.07, 6.45) is 2.80. The molecule has 0 spiro atoms. The van der Waals surface area contributed by atoms with Gasteiger partial charge in [0.05, 0.1) is 23.6 Å². The second-order valence-electron chi connectivity index (χ2n) is 7.94. The van der Waals surface area contributed by atoms with Gasteiger partial charge in [0.2, 0.25) is 0 Å². The molecule has 9 heteroatoms. The molecular weight excluding hydrogens is 435 g/mol. The molecule has 31 heavy (non-hydrogen) atoms. The zero-order valence-corrected chi connectivity index (χ0v) is 19.1. The maximum atomic E-state index is 6.39. The van der Waals surface area contributed by atoms with Crippen molar-refractivity contribution in [3.8, 4) is 11.4 Å². The van der Waals surface area contributed by atoms with E-state index in [0.29, 0.717) is 15.9 Å². The molecule has 1 aliphatic heterocycles. The normalized spacial score (nSPS) is 15.4. The van der Waals surface area contributed by atoms with Gasteiger partial charge in [-0.1, -0.05) is 23.2 Å². The summed E-state index contributed by atoms with van der Waals surface area (Å²) in [5, 5.41) is 6.77. The van der Waals surface area contributed by atoms with Gasteiger partial charge in [-0.3, -0.25) is 4.90 Å². The van der Waals surface area contributed by atoms with E-state index < -0.39 is 0 Å². The lowest BCUT2D eigenvalue weighted by atomic mass is 10.2. The molecule has 0 aliphatic carbocycles. The minimum absolute atomic E-state index is 0.529. The van der Waals surface area contributed by atoms with E-state index in [4.69, 9.17) is 37.9 Å². The van der Waals surface area contributed by atoms with Crippen LogP contribution in [0, 0.1) is 13.8 Å². The highest BCUT2D eigenvalue weighted by molar-refractivity contribution is 6.36. The Morgan fingerprint density at radius 1 is 1.06 bits per heavy atom. The molecule has 1 aliphatic rings. The van der Waals surface area contributed by atoms with Crippen molar-refractivity contribution in [1.82, 2.24) is 29.0 Å². The van der Waals surface area contributed by atoms with Crippen molar-refractivity contribution in [3.63, 3.8) is 0 Å². The second kappa shape index (κ2) is 8.39. The molecule has 4 aromatic rings. The Kier molecular flexibility index (Phi) is 5.60. The van der Waals surface area contributed by atoms with Crippen LogP contribution in [0.5, 0.6) is 0 Å². The van der Waals surface area contributed by atoms with Gasteiger partial charge < -0.3 is 9.30 Å². The lowest BCUT2D eigenvalue weighted by Crippen LogP contribution is -2.37. The molecule has 0 bridgehead atoms. The molecule has 0 radical (unpaired) electrons. The first-order valence-corrected chi connectivity index (χ1v) is 11.2. The van der Waals surface area contributed by atoms with Crippen molar-refractivity contribution in [2.45, 2.75) is 26.8 Å². The standard InChI is InChI=1S/C22H24Cl2N6O/c1-14-15(2)29(7-3-6-28-8-10-31-11-9-28)21-19(14)22-26-20(27-30(22)13-25-21)17-5-4-16(23)12-18(17)24/h4-5,12-13H,3,6-11H2,1-2H3. The average Bonchev–Trinajstić information content (AvgIpc) is 3.29. The summed E-state index contributed by atoms with van der Waals surface area (Å²) in [5.41, 5.74) is 4.89. The molecule has 7 nitrogen and oxygen atoms in total. The van der Waals surface area contributed by atoms with Crippen LogP contribution in [0.25, 0.3) is 28.1 Å². The van der Waals surface area contributed by atoms with E-state index >= 15 is 0 Å². The van der Waals surface area contributed by atoms with Crippen LogP contribution in [0.15, 0.2) is 24.5 Å². The SMILES string of the molecule is Cc1c(C)n(CCCN2CCOCC2)c2ncn3nc(-c4ccc(Cl)cc4Cl)nc3c12. The first-order chi connectivity index (χ1) is 15.0. The van der Waals surface area contributed by atoms with Crippen molar-refractivity contribution in [2.24, 2.45) is 0 Å². The minimum Gasteiger partial charge on any atom is -0.379 e. The van der Waals surface area contributed by atoms with E-state index in [1.807, 2.05) is 6.07 Å². The van der Waals surface area contributed by atoms with E-state index in [1.54, 1.807) is 23.0 Å². The number of halogens is 2. The van der Waals surface area contributed by atoms with Crippen molar-refractivity contribution < 1.29 is 4.74 Å². The van der Waals surface area contributed by atoms with Gasteiger partial charge in [0, 0.05) is 42.5 Å². The third-order valence-electron chi connectivity index (χ3n) is 6.08. The van der Waals surface area contributed by atoms with E-state index in [0.717, 1.165) is 68.1 Å².